The van der Waals surface area contributed by atoms with Gasteiger partial charge in [0.1, 0.15) is 0 Å². The SMILES string of the molecule is COc1cc(NC(C)CCCN)c2nccc(C)c2c1F.O=C(O)/C=C\C(=O)O. The number of aryl methyl sites for hydroxylation is 1. The lowest BCUT2D eigenvalue weighted by atomic mass is 10.1. The number of benzene rings is 1. The molecule has 1 heterocycles. The van der Waals surface area contributed by atoms with Crippen molar-refractivity contribution in [1.82, 2.24) is 4.98 Å². The third kappa shape index (κ3) is 7.38. The average Bonchev–Trinajstić information content (AvgIpc) is 2.67. The fraction of sp³-hybridized carbons (Fsp3) is 0.350. The van der Waals surface area contributed by atoms with Crippen LogP contribution in [-0.4, -0.2) is 46.8 Å². The summed E-state index contributed by atoms with van der Waals surface area (Å²) in [5.74, 6) is -2.65. The van der Waals surface area contributed by atoms with Crippen molar-refractivity contribution >= 4 is 28.5 Å². The molecule has 8 nitrogen and oxygen atoms in total. The first-order valence-electron chi connectivity index (χ1n) is 8.93. The van der Waals surface area contributed by atoms with E-state index in [0.29, 0.717) is 29.6 Å². The van der Waals surface area contributed by atoms with E-state index in [4.69, 9.17) is 20.7 Å². The molecule has 0 saturated carbocycles. The molecule has 1 unspecified atom stereocenters. The molecule has 0 aliphatic carbocycles. The van der Waals surface area contributed by atoms with Crippen LogP contribution in [0.2, 0.25) is 0 Å². The summed E-state index contributed by atoms with van der Waals surface area (Å²) >= 11 is 0. The van der Waals surface area contributed by atoms with Crippen LogP contribution >= 0.6 is 0 Å². The highest BCUT2D eigenvalue weighted by Crippen LogP contribution is 2.34. The highest BCUT2D eigenvalue weighted by Gasteiger charge is 2.16. The molecule has 0 aliphatic heterocycles. The molecule has 2 aromatic rings. The Morgan fingerprint density at radius 3 is 2.48 bits per heavy atom. The van der Waals surface area contributed by atoms with E-state index in [0.717, 1.165) is 24.1 Å². The number of aromatic nitrogens is 1. The summed E-state index contributed by atoms with van der Waals surface area (Å²) in [6.45, 7) is 4.61. The number of ether oxygens (including phenoxy) is 1. The zero-order chi connectivity index (χ0) is 22.0. The molecule has 0 bridgehead atoms. The quantitative estimate of drug-likeness (QED) is 0.491. The Labute approximate surface area is 168 Å². The first-order valence-corrected chi connectivity index (χ1v) is 8.93. The molecule has 0 amide bonds. The lowest BCUT2D eigenvalue weighted by Crippen LogP contribution is -2.17. The molecular formula is C20H26FN3O5. The Hall–Kier alpha value is -3.20. The highest BCUT2D eigenvalue weighted by molar-refractivity contribution is 5.94. The largest absolute Gasteiger partial charge is 0.494 e. The van der Waals surface area contributed by atoms with Gasteiger partial charge in [0.25, 0.3) is 0 Å². The standard InChI is InChI=1S/C16H22FN3O.C4H4O4/c1-10-6-8-19-16-12(20-11(2)5-4-7-18)9-13(21-3)15(17)14(10)16;5-3(6)1-2-4(7)8/h6,8-9,11,20H,4-5,7,18H2,1-3H3;1-2H,(H,5,6)(H,7,8)/b;2-1-. The molecule has 0 spiro atoms. The van der Waals surface area contributed by atoms with Gasteiger partial charge in [-0.05, 0) is 44.9 Å². The lowest BCUT2D eigenvalue weighted by molar-refractivity contribution is -0.134. The second kappa shape index (κ2) is 11.6. The Bertz CT molecular complexity index is 870. The molecule has 0 aliphatic rings. The molecule has 29 heavy (non-hydrogen) atoms. The number of aliphatic carboxylic acids is 2. The van der Waals surface area contributed by atoms with Crippen LogP contribution in [0.3, 0.4) is 0 Å². The van der Waals surface area contributed by atoms with Crippen LogP contribution < -0.4 is 15.8 Å². The molecular weight excluding hydrogens is 381 g/mol. The second-order valence-corrected chi connectivity index (χ2v) is 6.28. The average molecular weight is 407 g/mol. The van der Waals surface area contributed by atoms with Gasteiger partial charge in [0.15, 0.2) is 11.6 Å². The number of carboxylic acid groups (broad SMARTS) is 2. The summed E-state index contributed by atoms with van der Waals surface area (Å²) < 4.78 is 19.6. The predicted molar refractivity (Wildman–Crippen MR) is 109 cm³/mol. The number of nitrogens with one attached hydrogen (secondary N) is 1. The maximum absolute atomic E-state index is 14.4. The monoisotopic (exact) mass is 407 g/mol. The first kappa shape index (κ1) is 23.8. The van der Waals surface area contributed by atoms with Gasteiger partial charge in [-0.2, -0.15) is 0 Å². The van der Waals surface area contributed by atoms with E-state index in [2.05, 4.69) is 17.2 Å². The van der Waals surface area contributed by atoms with E-state index < -0.39 is 11.9 Å². The zero-order valence-electron chi connectivity index (χ0n) is 16.6. The molecule has 1 aromatic heterocycles. The topological polar surface area (TPSA) is 135 Å². The summed E-state index contributed by atoms with van der Waals surface area (Å²) in [4.78, 5) is 23.4. The number of pyridine rings is 1. The minimum absolute atomic E-state index is 0.229. The minimum atomic E-state index is -1.26. The maximum atomic E-state index is 14.4. The van der Waals surface area contributed by atoms with Crippen molar-refractivity contribution in [1.29, 1.82) is 0 Å². The van der Waals surface area contributed by atoms with Crippen LogP contribution in [0.4, 0.5) is 10.1 Å². The number of halogens is 1. The lowest BCUT2D eigenvalue weighted by Gasteiger charge is -2.18. The summed E-state index contributed by atoms with van der Waals surface area (Å²) in [6.07, 6.45) is 4.70. The Morgan fingerprint density at radius 1 is 1.34 bits per heavy atom. The van der Waals surface area contributed by atoms with Gasteiger partial charge < -0.3 is 26.0 Å². The fourth-order valence-electron chi connectivity index (χ4n) is 2.59. The summed E-state index contributed by atoms with van der Waals surface area (Å²) in [5, 5.41) is 19.5. The molecule has 0 fully saturated rings. The van der Waals surface area contributed by atoms with Gasteiger partial charge in [-0.15, -0.1) is 0 Å². The smallest absolute Gasteiger partial charge is 0.328 e. The number of nitrogens with zero attached hydrogens (tertiary/aromatic N) is 1. The van der Waals surface area contributed by atoms with E-state index in [1.54, 1.807) is 18.3 Å². The summed E-state index contributed by atoms with van der Waals surface area (Å²) in [5.41, 5.74) is 7.80. The van der Waals surface area contributed by atoms with Crippen molar-refractivity contribution in [2.24, 2.45) is 5.73 Å². The molecule has 9 heteroatoms. The highest BCUT2D eigenvalue weighted by atomic mass is 19.1. The number of methoxy groups -OCH3 is 1. The van der Waals surface area contributed by atoms with E-state index in [1.807, 2.05) is 6.92 Å². The van der Waals surface area contributed by atoms with Crippen LogP contribution in [0.5, 0.6) is 5.75 Å². The van der Waals surface area contributed by atoms with Gasteiger partial charge in [-0.25, -0.2) is 14.0 Å². The van der Waals surface area contributed by atoms with Gasteiger partial charge >= 0.3 is 11.9 Å². The van der Waals surface area contributed by atoms with Crippen molar-refractivity contribution < 1.29 is 28.9 Å². The van der Waals surface area contributed by atoms with Crippen LogP contribution in [0.25, 0.3) is 10.9 Å². The molecule has 1 atom stereocenters. The van der Waals surface area contributed by atoms with Crippen LogP contribution in [0.15, 0.2) is 30.5 Å². The van der Waals surface area contributed by atoms with Crippen molar-refractivity contribution in [3.8, 4) is 5.75 Å². The Kier molecular flexibility index (Phi) is 9.54. The van der Waals surface area contributed by atoms with Gasteiger partial charge in [0.2, 0.25) is 0 Å². The number of fused-ring (bicyclic) bond motifs is 1. The third-order valence-electron chi connectivity index (χ3n) is 3.96. The number of hydrogen-bond donors (Lipinski definition) is 4. The molecule has 2 rings (SSSR count). The number of rotatable bonds is 8. The number of carbonyl (C=O) groups is 2. The minimum Gasteiger partial charge on any atom is -0.494 e. The summed E-state index contributed by atoms with van der Waals surface area (Å²) in [6, 6.07) is 3.70. The van der Waals surface area contributed by atoms with Gasteiger partial charge in [-0.3, -0.25) is 4.98 Å². The van der Waals surface area contributed by atoms with Crippen molar-refractivity contribution in [2.45, 2.75) is 32.7 Å². The molecule has 1 aromatic carbocycles. The Balaban J connectivity index is 0.000000447. The van der Waals surface area contributed by atoms with E-state index in [9.17, 15) is 14.0 Å². The van der Waals surface area contributed by atoms with Crippen LogP contribution in [0, 0.1) is 12.7 Å². The van der Waals surface area contributed by atoms with Gasteiger partial charge in [0, 0.05) is 35.8 Å². The van der Waals surface area contributed by atoms with Crippen molar-refractivity contribution in [3.63, 3.8) is 0 Å². The fourth-order valence-corrected chi connectivity index (χ4v) is 2.59. The van der Waals surface area contributed by atoms with Crippen LogP contribution in [0.1, 0.15) is 25.3 Å². The van der Waals surface area contributed by atoms with Crippen molar-refractivity contribution in [3.05, 3.63) is 41.9 Å². The molecule has 0 radical (unpaired) electrons. The third-order valence-corrected chi connectivity index (χ3v) is 3.96. The molecule has 0 saturated heterocycles. The molecule has 158 valence electrons. The number of anilines is 1. The second-order valence-electron chi connectivity index (χ2n) is 6.28. The Morgan fingerprint density at radius 2 is 1.97 bits per heavy atom. The molecule has 5 N–H and O–H groups in total. The number of carboxylic acids is 2. The van der Waals surface area contributed by atoms with E-state index in [-0.39, 0.29) is 17.6 Å². The van der Waals surface area contributed by atoms with E-state index in [1.165, 1.54) is 7.11 Å². The number of hydrogen-bond acceptors (Lipinski definition) is 6. The first-order chi connectivity index (χ1) is 13.7. The van der Waals surface area contributed by atoms with Crippen LogP contribution in [-0.2, 0) is 9.59 Å². The van der Waals surface area contributed by atoms with Gasteiger partial charge in [-0.1, -0.05) is 0 Å². The van der Waals surface area contributed by atoms with E-state index >= 15 is 0 Å². The predicted octanol–water partition coefficient (Wildman–Crippen LogP) is 2.94. The zero-order valence-corrected chi connectivity index (χ0v) is 16.6. The normalized spacial score (nSPS) is 11.6. The maximum Gasteiger partial charge on any atom is 0.328 e. The van der Waals surface area contributed by atoms with Crippen molar-refractivity contribution in [2.75, 3.05) is 19.0 Å². The number of nitrogens with two attached hydrogens (primary N) is 1. The van der Waals surface area contributed by atoms with Gasteiger partial charge in [0.05, 0.1) is 18.3 Å². The summed E-state index contributed by atoms with van der Waals surface area (Å²) in [7, 11) is 1.47.